The van der Waals surface area contributed by atoms with E-state index in [4.69, 9.17) is 5.11 Å². The molecule has 2 N–H and O–H groups in total. The minimum atomic E-state index is -0.187. The minimum absolute atomic E-state index is 0.0244. The van der Waals surface area contributed by atoms with Crippen LogP contribution in [0.15, 0.2) is 28.7 Å². The third kappa shape index (κ3) is 4.36. The molecule has 0 unspecified atom stereocenters. The van der Waals surface area contributed by atoms with Gasteiger partial charge in [-0.05, 0) is 34.5 Å². The average molecular weight is 301 g/mol. The van der Waals surface area contributed by atoms with Crippen molar-refractivity contribution in [2.45, 2.75) is 13.3 Å². The fourth-order valence-corrected chi connectivity index (χ4v) is 1.85. The Hall–Kier alpha value is -1.07. The smallest absolute Gasteiger partial charge is 0.321 e. The summed E-state index contributed by atoms with van der Waals surface area (Å²) in [6, 6.07) is 7.25. The number of urea groups is 1. The van der Waals surface area contributed by atoms with Crippen LogP contribution >= 0.6 is 15.9 Å². The largest absolute Gasteiger partial charge is 0.395 e. The number of rotatable bonds is 5. The number of nitrogens with zero attached hydrogens (tertiary/aromatic N) is 1. The highest BCUT2D eigenvalue weighted by Crippen LogP contribution is 2.21. The van der Waals surface area contributed by atoms with Crippen molar-refractivity contribution in [2.75, 3.05) is 25.0 Å². The van der Waals surface area contributed by atoms with Crippen LogP contribution in [0, 0.1) is 0 Å². The maximum Gasteiger partial charge on any atom is 0.321 e. The number of aliphatic hydroxyl groups excluding tert-OH is 1. The van der Waals surface area contributed by atoms with E-state index in [1.807, 2.05) is 31.2 Å². The molecular weight excluding hydrogens is 284 g/mol. The Morgan fingerprint density at radius 1 is 1.41 bits per heavy atom. The minimum Gasteiger partial charge on any atom is -0.395 e. The Morgan fingerprint density at radius 2 is 2.12 bits per heavy atom. The summed E-state index contributed by atoms with van der Waals surface area (Å²) >= 11 is 3.37. The van der Waals surface area contributed by atoms with Crippen LogP contribution in [0.1, 0.15) is 13.3 Å². The third-order valence-electron chi connectivity index (χ3n) is 2.27. The third-order valence-corrected chi connectivity index (χ3v) is 2.96. The van der Waals surface area contributed by atoms with Gasteiger partial charge in [-0.2, -0.15) is 0 Å². The molecule has 0 saturated heterocycles. The summed E-state index contributed by atoms with van der Waals surface area (Å²) in [7, 11) is 0. The first-order valence-electron chi connectivity index (χ1n) is 5.60. The number of benzene rings is 1. The lowest BCUT2D eigenvalue weighted by molar-refractivity contribution is 0.188. The van der Waals surface area contributed by atoms with Crippen LogP contribution in [0.25, 0.3) is 0 Å². The number of anilines is 1. The number of para-hydroxylation sites is 1. The van der Waals surface area contributed by atoms with E-state index in [-0.39, 0.29) is 12.6 Å². The van der Waals surface area contributed by atoms with Gasteiger partial charge >= 0.3 is 6.03 Å². The molecule has 2 amide bonds. The van der Waals surface area contributed by atoms with E-state index >= 15 is 0 Å². The predicted octanol–water partition coefficient (Wildman–Crippen LogP) is 2.69. The van der Waals surface area contributed by atoms with Gasteiger partial charge in [-0.25, -0.2) is 4.79 Å². The van der Waals surface area contributed by atoms with Gasteiger partial charge in [0.05, 0.1) is 12.3 Å². The van der Waals surface area contributed by atoms with E-state index in [9.17, 15) is 4.79 Å². The van der Waals surface area contributed by atoms with Gasteiger partial charge in [-0.15, -0.1) is 0 Å². The molecule has 1 aromatic carbocycles. The van der Waals surface area contributed by atoms with Gasteiger partial charge in [0.25, 0.3) is 0 Å². The lowest BCUT2D eigenvalue weighted by Crippen LogP contribution is -2.37. The number of carbonyl (C=O) groups is 1. The topological polar surface area (TPSA) is 52.6 Å². The van der Waals surface area contributed by atoms with Crippen molar-refractivity contribution in [1.82, 2.24) is 4.90 Å². The first-order chi connectivity index (χ1) is 8.19. The van der Waals surface area contributed by atoms with Crippen LogP contribution in [-0.4, -0.2) is 35.7 Å². The zero-order chi connectivity index (χ0) is 12.7. The maximum absolute atomic E-state index is 11.9. The number of nitrogens with one attached hydrogen (secondary N) is 1. The van der Waals surface area contributed by atoms with Gasteiger partial charge in [-0.3, -0.25) is 0 Å². The fourth-order valence-electron chi connectivity index (χ4n) is 1.46. The zero-order valence-corrected chi connectivity index (χ0v) is 11.4. The molecule has 4 nitrogen and oxygen atoms in total. The average Bonchev–Trinajstić information content (AvgIpc) is 2.32. The van der Waals surface area contributed by atoms with Crippen molar-refractivity contribution >= 4 is 27.6 Å². The molecule has 5 heteroatoms. The highest BCUT2D eigenvalue weighted by molar-refractivity contribution is 9.10. The second kappa shape index (κ2) is 7.29. The van der Waals surface area contributed by atoms with Gasteiger partial charge in [0, 0.05) is 17.6 Å². The summed E-state index contributed by atoms with van der Waals surface area (Å²) in [6.45, 7) is 2.96. The number of hydrogen-bond donors (Lipinski definition) is 2. The van der Waals surface area contributed by atoms with Crippen molar-refractivity contribution in [2.24, 2.45) is 0 Å². The first-order valence-corrected chi connectivity index (χ1v) is 6.39. The summed E-state index contributed by atoms with van der Waals surface area (Å²) < 4.78 is 0.841. The zero-order valence-electron chi connectivity index (χ0n) is 9.82. The van der Waals surface area contributed by atoms with Crippen molar-refractivity contribution in [3.8, 4) is 0 Å². The quantitative estimate of drug-likeness (QED) is 0.878. The summed E-state index contributed by atoms with van der Waals surface area (Å²) in [5, 5.41) is 11.7. The molecule has 0 fully saturated rings. The normalized spacial score (nSPS) is 10.1. The van der Waals surface area contributed by atoms with E-state index in [0.29, 0.717) is 13.1 Å². The molecule has 0 saturated carbocycles. The molecule has 0 heterocycles. The van der Waals surface area contributed by atoms with Crippen molar-refractivity contribution in [3.05, 3.63) is 28.7 Å². The first kappa shape index (κ1) is 14.0. The number of amides is 2. The second-order valence-corrected chi connectivity index (χ2v) is 4.47. The number of halogens is 1. The molecule has 94 valence electrons. The van der Waals surface area contributed by atoms with Crippen LogP contribution in [0.2, 0.25) is 0 Å². The lowest BCUT2D eigenvalue weighted by atomic mass is 10.3. The standard InChI is InChI=1S/C12H17BrN2O2/c1-2-7-15(8-9-16)12(17)14-11-6-4-3-5-10(11)13/h3-6,16H,2,7-9H2,1H3,(H,14,17). The van der Waals surface area contributed by atoms with Crippen LogP contribution < -0.4 is 5.32 Å². The summed E-state index contributed by atoms with van der Waals surface area (Å²) in [4.78, 5) is 13.5. The van der Waals surface area contributed by atoms with Crippen molar-refractivity contribution < 1.29 is 9.90 Å². The molecule has 0 radical (unpaired) electrons. The van der Waals surface area contributed by atoms with E-state index in [1.165, 1.54) is 0 Å². The van der Waals surface area contributed by atoms with Crippen molar-refractivity contribution in [1.29, 1.82) is 0 Å². The maximum atomic E-state index is 11.9. The molecule has 0 aliphatic rings. The van der Waals surface area contributed by atoms with E-state index in [1.54, 1.807) is 4.90 Å². The molecule has 0 spiro atoms. The Kier molecular flexibility index (Phi) is 6.00. The Morgan fingerprint density at radius 3 is 2.71 bits per heavy atom. The number of aliphatic hydroxyl groups is 1. The van der Waals surface area contributed by atoms with Crippen LogP contribution in [0.3, 0.4) is 0 Å². The molecule has 0 atom stereocenters. The Bertz CT molecular complexity index is 365. The van der Waals surface area contributed by atoms with Gasteiger partial charge in [0.2, 0.25) is 0 Å². The highest BCUT2D eigenvalue weighted by Gasteiger charge is 2.12. The van der Waals surface area contributed by atoms with E-state index in [2.05, 4.69) is 21.2 Å². The molecule has 1 rings (SSSR count). The second-order valence-electron chi connectivity index (χ2n) is 3.62. The van der Waals surface area contributed by atoms with Gasteiger partial charge in [-0.1, -0.05) is 19.1 Å². The van der Waals surface area contributed by atoms with Crippen LogP contribution in [0.4, 0.5) is 10.5 Å². The van der Waals surface area contributed by atoms with Crippen LogP contribution in [-0.2, 0) is 0 Å². The molecule has 17 heavy (non-hydrogen) atoms. The van der Waals surface area contributed by atoms with E-state index in [0.717, 1.165) is 16.6 Å². The molecule has 0 aromatic heterocycles. The Labute approximate surface area is 110 Å². The summed E-state index contributed by atoms with van der Waals surface area (Å²) in [5.41, 5.74) is 0.733. The molecular formula is C12H17BrN2O2. The predicted molar refractivity (Wildman–Crippen MR) is 72.1 cm³/mol. The molecule has 0 bridgehead atoms. The molecule has 0 aliphatic heterocycles. The fraction of sp³-hybridized carbons (Fsp3) is 0.417. The molecule has 0 aliphatic carbocycles. The lowest BCUT2D eigenvalue weighted by Gasteiger charge is -2.21. The van der Waals surface area contributed by atoms with Gasteiger partial charge in [0.1, 0.15) is 0 Å². The van der Waals surface area contributed by atoms with Crippen molar-refractivity contribution in [3.63, 3.8) is 0 Å². The summed E-state index contributed by atoms with van der Waals surface area (Å²) in [6.07, 6.45) is 0.864. The monoisotopic (exact) mass is 300 g/mol. The van der Waals surface area contributed by atoms with Gasteiger partial charge in [0.15, 0.2) is 0 Å². The SMILES string of the molecule is CCCN(CCO)C(=O)Nc1ccccc1Br. The summed E-state index contributed by atoms with van der Waals surface area (Å²) in [5.74, 6) is 0. The van der Waals surface area contributed by atoms with Crippen LogP contribution in [0.5, 0.6) is 0 Å². The van der Waals surface area contributed by atoms with E-state index < -0.39 is 0 Å². The van der Waals surface area contributed by atoms with Gasteiger partial charge < -0.3 is 15.3 Å². The Balaban J connectivity index is 2.66. The number of hydrogen-bond acceptors (Lipinski definition) is 2. The number of carbonyl (C=O) groups excluding carboxylic acids is 1. The highest BCUT2D eigenvalue weighted by atomic mass is 79.9. The molecule has 1 aromatic rings.